The maximum atomic E-state index is 12.7. The molecule has 2 aliphatic rings. The van der Waals surface area contributed by atoms with Crippen LogP contribution in [0.4, 0.5) is 0 Å². The first kappa shape index (κ1) is 19.9. The molecular formula is C18H22ClN3O4S. The van der Waals surface area contributed by atoms with Crippen LogP contribution in [0.2, 0.25) is 5.02 Å². The van der Waals surface area contributed by atoms with Gasteiger partial charge in [0.05, 0.1) is 4.90 Å². The second-order valence-electron chi connectivity index (χ2n) is 6.63. The van der Waals surface area contributed by atoms with Crippen molar-refractivity contribution in [3.05, 3.63) is 41.9 Å². The Bertz CT molecular complexity index is 833. The van der Waals surface area contributed by atoms with Crippen LogP contribution in [-0.2, 0) is 19.6 Å². The molecule has 9 heteroatoms. The molecule has 1 aromatic carbocycles. The SMILES string of the molecule is C=CCN1CCN(C2CCN(S(=O)(=O)c3ccc(Cl)cc3)CC2)C(=O)C1=O. The van der Waals surface area contributed by atoms with Crippen molar-refractivity contribution < 1.29 is 18.0 Å². The third-order valence-corrected chi connectivity index (χ3v) is 7.17. The Kier molecular flexibility index (Phi) is 5.88. The summed E-state index contributed by atoms with van der Waals surface area (Å²) in [6.07, 6.45) is 2.61. The molecule has 2 aliphatic heterocycles. The minimum absolute atomic E-state index is 0.121. The van der Waals surface area contributed by atoms with Crippen molar-refractivity contribution in [3.63, 3.8) is 0 Å². The molecule has 0 aliphatic carbocycles. The van der Waals surface area contributed by atoms with Gasteiger partial charge < -0.3 is 9.80 Å². The zero-order valence-electron chi connectivity index (χ0n) is 14.9. The molecule has 146 valence electrons. The van der Waals surface area contributed by atoms with E-state index in [4.69, 9.17) is 11.6 Å². The Morgan fingerprint density at radius 1 is 1.04 bits per heavy atom. The van der Waals surface area contributed by atoms with Gasteiger partial charge in [0.15, 0.2) is 0 Å². The van der Waals surface area contributed by atoms with Gasteiger partial charge in [-0.2, -0.15) is 4.31 Å². The maximum Gasteiger partial charge on any atom is 0.312 e. The Morgan fingerprint density at radius 3 is 2.26 bits per heavy atom. The summed E-state index contributed by atoms with van der Waals surface area (Å²) in [4.78, 5) is 27.8. The quantitative estimate of drug-likeness (QED) is 0.541. The highest BCUT2D eigenvalue weighted by atomic mass is 35.5. The summed E-state index contributed by atoms with van der Waals surface area (Å²) in [7, 11) is -3.59. The molecule has 0 spiro atoms. The lowest BCUT2D eigenvalue weighted by Crippen LogP contribution is -2.59. The highest BCUT2D eigenvalue weighted by molar-refractivity contribution is 7.89. The van der Waals surface area contributed by atoms with Crippen molar-refractivity contribution in [2.75, 3.05) is 32.7 Å². The highest BCUT2D eigenvalue weighted by Gasteiger charge is 2.38. The fourth-order valence-corrected chi connectivity index (χ4v) is 5.11. The van der Waals surface area contributed by atoms with Gasteiger partial charge >= 0.3 is 11.8 Å². The van der Waals surface area contributed by atoms with Crippen LogP contribution in [0.3, 0.4) is 0 Å². The van der Waals surface area contributed by atoms with Gasteiger partial charge in [0.1, 0.15) is 0 Å². The molecule has 0 saturated carbocycles. The molecule has 0 N–H and O–H groups in total. The normalized spacial score (nSPS) is 20.2. The molecule has 0 unspecified atom stereocenters. The summed E-state index contributed by atoms with van der Waals surface area (Å²) in [5.74, 6) is -1.03. The summed E-state index contributed by atoms with van der Waals surface area (Å²) in [5, 5.41) is 0.478. The highest BCUT2D eigenvalue weighted by Crippen LogP contribution is 2.25. The molecule has 27 heavy (non-hydrogen) atoms. The molecule has 0 radical (unpaired) electrons. The van der Waals surface area contributed by atoms with E-state index in [1.165, 1.54) is 21.3 Å². The molecule has 3 rings (SSSR count). The molecule has 0 aromatic heterocycles. The lowest BCUT2D eigenvalue weighted by atomic mass is 10.0. The van der Waals surface area contributed by atoms with Gasteiger partial charge in [-0.25, -0.2) is 8.42 Å². The summed E-state index contributed by atoms with van der Waals surface area (Å²) in [6, 6.07) is 5.96. The van der Waals surface area contributed by atoms with Gasteiger partial charge in [-0.05, 0) is 37.1 Å². The summed E-state index contributed by atoms with van der Waals surface area (Å²) >= 11 is 5.83. The van der Waals surface area contributed by atoms with Crippen LogP contribution in [-0.4, -0.2) is 73.1 Å². The lowest BCUT2D eigenvalue weighted by molar-refractivity contribution is -0.157. The number of amides is 2. The zero-order chi connectivity index (χ0) is 19.6. The second-order valence-corrected chi connectivity index (χ2v) is 9.00. The average Bonchev–Trinajstić information content (AvgIpc) is 2.66. The van der Waals surface area contributed by atoms with E-state index in [-0.39, 0.29) is 10.9 Å². The van der Waals surface area contributed by atoms with Crippen molar-refractivity contribution in [1.29, 1.82) is 0 Å². The molecule has 0 bridgehead atoms. The van der Waals surface area contributed by atoms with E-state index < -0.39 is 21.8 Å². The fourth-order valence-electron chi connectivity index (χ4n) is 3.52. The largest absolute Gasteiger partial charge is 0.330 e. The van der Waals surface area contributed by atoms with Crippen molar-refractivity contribution >= 4 is 33.4 Å². The topological polar surface area (TPSA) is 78.0 Å². The number of hydrogen-bond donors (Lipinski definition) is 0. The lowest BCUT2D eigenvalue weighted by Gasteiger charge is -2.41. The predicted octanol–water partition coefficient (Wildman–Crippen LogP) is 1.35. The van der Waals surface area contributed by atoms with E-state index in [1.807, 2.05) is 0 Å². The third-order valence-electron chi connectivity index (χ3n) is 5.01. The maximum absolute atomic E-state index is 12.7. The van der Waals surface area contributed by atoms with Gasteiger partial charge in [-0.15, -0.1) is 6.58 Å². The van der Waals surface area contributed by atoms with Crippen LogP contribution in [0.25, 0.3) is 0 Å². The Hall–Kier alpha value is -1.90. The molecular weight excluding hydrogens is 390 g/mol. The van der Waals surface area contributed by atoms with E-state index in [0.29, 0.717) is 50.6 Å². The van der Waals surface area contributed by atoms with Crippen molar-refractivity contribution in [1.82, 2.24) is 14.1 Å². The third kappa shape index (κ3) is 4.02. The monoisotopic (exact) mass is 411 g/mol. The Labute approximate surface area is 164 Å². The first-order valence-electron chi connectivity index (χ1n) is 8.81. The number of piperidine rings is 1. The number of piperazine rings is 1. The number of nitrogens with zero attached hydrogens (tertiary/aromatic N) is 3. The van der Waals surface area contributed by atoms with E-state index in [0.717, 1.165) is 0 Å². The minimum atomic E-state index is -3.59. The number of carbonyl (C=O) groups excluding carboxylic acids is 2. The van der Waals surface area contributed by atoms with Gasteiger partial charge in [0.25, 0.3) is 0 Å². The van der Waals surface area contributed by atoms with Crippen LogP contribution in [0.5, 0.6) is 0 Å². The molecule has 2 fully saturated rings. The van der Waals surface area contributed by atoms with Crippen LogP contribution in [0, 0.1) is 0 Å². The predicted molar refractivity (Wildman–Crippen MR) is 102 cm³/mol. The number of benzene rings is 1. The average molecular weight is 412 g/mol. The number of hydrogen-bond acceptors (Lipinski definition) is 4. The van der Waals surface area contributed by atoms with Crippen molar-refractivity contribution in [3.8, 4) is 0 Å². The number of sulfonamides is 1. The molecule has 7 nitrogen and oxygen atoms in total. The van der Waals surface area contributed by atoms with Gasteiger partial charge in [0, 0.05) is 43.8 Å². The zero-order valence-corrected chi connectivity index (χ0v) is 16.5. The summed E-state index contributed by atoms with van der Waals surface area (Å²) in [6.45, 7) is 5.51. The first-order valence-corrected chi connectivity index (χ1v) is 10.6. The van der Waals surface area contributed by atoms with Crippen LogP contribution < -0.4 is 0 Å². The molecule has 1 aromatic rings. The summed E-state index contributed by atoms with van der Waals surface area (Å²) in [5.41, 5.74) is 0. The Morgan fingerprint density at radius 2 is 1.67 bits per heavy atom. The fraction of sp³-hybridized carbons (Fsp3) is 0.444. The summed E-state index contributed by atoms with van der Waals surface area (Å²) < 4.78 is 26.9. The van der Waals surface area contributed by atoms with Crippen molar-refractivity contribution in [2.24, 2.45) is 0 Å². The molecule has 2 amide bonds. The van der Waals surface area contributed by atoms with E-state index in [2.05, 4.69) is 6.58 Å². The van der Waals surface area contributed by atoms with E-state index in [9.17, 15) is 18.0 Å². The van der Waals surface area contributed by atoms with E-state index >= 15 is 0 Å². The molecule has 2 heterocycles. The molecule has 2 saturated heterocycles. The van der Waals surface area contributed by atoms with Crippen LogP contribution in [0.15, 0.2) is 41.8 Å². The van der Waals surface area contributed by atoms with Crippen LogP contribution >= 0.6 is 11.6 Å². The standard InChI is InChI=1S/C18H22ClN3O4S/c1-2-9-20-12-13-22(18(24)17(20)23)15-7-10-21(11-8-15)27(25,26)16-5-3-14(19)4-6-16/h2-6,15H,1,7-13H2. The second kappa shape index (κ2) is 8.00. The Balaban J connectivity index is 1.63. The van der Waals surface area contributed by atoms with Crippen molar-refractivity contribution in [2.45, 2.75) is 23.8 Å². The number of halogens is 1. The van der Waals surface area contributed by atoms with Gasteiger partial charge in [0.2, 0.25) is 10.0 Å². The number of carbonyl (C=O) groups is 2. The minimum Gasteiger partial charge on any atom is -0.330 e. The van der Waals surface area contributed by atoms with Crippen LogP contribution in [0.1, 0.15) is 12.8 Å². The molecule has 0 atom stereocenters. The number of rotatable bonds is 5. The first-order chi connectivity index (χ1) is 12.8. The van der Waals surface area contributed by atoms with Gasteiger partial charge in [-0.1, -0.05) is 17.7 Å². The van der Waals surface area contributed by atoms with Gasteiger partial charge in [-0.3, -0.25) is 9.59 Å². The smallest absolute Gasteiger partial charge is 0.312 e. The van der Waals surface area contributed by atoms with E-state index in [1.54, 1.807) is 23.1 Å².